The Morgan fingerprint density at radius 3 is 2.61 bits per heavy atom. The summed E-state index contributed by atoms with van der Waals surface area (Å²) < 4.78 is 5.52. The Morgan fingerprint density at radius 1 is 1.17 bits per heavy atom. The zero-order valence-electron chi connectivity index (χ0n) is 10.7. The molecule has 18 heavy (non-hydrogen) atoms. The van der Waals surface area contributed by atoms with Crippen LogP contribution in [0.3, 0.4) is 0 Å². The average molecular weight is 264 g/mol. The Morgan fingerprint density at radius 2 is 1.94 bits per heavy atom. The Bertz CT molecular complexity index is 507. The molecule has 2 aromatic rings. The minimum absolute atomic E-state index is 0.0948. The fourth-order valence-electron chi connectivity index (χ4n) is 2.20. The maximum atomic E-state index is 6.30. The van der Waals surface area contributed by atoms with Crippen LogP contribution >= 0.6 is 11.6 Å². The van der Waals surface area contributed by atoms with Crippen molar-refractivity contribution in [3.8, 4) is 0 Å². The predicted octanol–water partition coefficient (Wildman–Crippen LogP) is 4.19. The molecule has 1 atom stereocenters. The smallest absolute Gasteiger partial charge is 0.108 e. The van der Waals surface area contributed by atoms with Crippen LogP contribution in [0.1, 0.15) is 36.8 Å². The van der Waals surface area contributed by atoms with Gasteiger partial charge in [-0.3, -0.25) is 0 Å². The second-order valence-electron chi connectivity index (χ2n) is 4.16. The minimum Gasteiger partial charge on any atom is -0.469 e. The summed E-state index contributed by atoms with van der Waals surface area (Å²) in [5.74, 6) is 1.01. The second-order valence-corrected chi connectivity index (χ2v) is 4.57. The quantitative estimate of drug-likeness (QED) is 0.875. The number of benzene rings is 1. The molecule has 3 heteroatoms. The molecule has 2 nitrogen and oxygen atoms in total. The Labute approximate surface area is 113 Å². The molecule has 96 valence electrons. The molecule has 0 radical (unpaired) electrons. The van der Waals surface area contributed by atoms with Gasteiger partial charge >= 0.3 is 0 Å². The van der Waals surface area contributed by atoms with Gasteiger partial charge in [0.1, 0.15) is 5.76 Å². The summed E-state index contributed by atoms with van der Waals surface area (Å²) >= 11 is 6.30. The van der Waals surface area contributed by atoms with Gasteiger partial charge in [0, 0.05) is 17.0 Å². The molecule has 1 aromatic carbocycles. The van der Waals surface area contributed by atoms with E-state index >= 15 is 0 Å². The van der Waals surface area contributed by atoms with E-state index < -0.39 is 0 Å². The maximum Gasteiger partial charge on any atom is 0.108 e. The van der Waals surface area contributed by atoms with Crippen molar-refractivity contribution in [2.24, 2.45) is 0 Å². The van der Waals surface area contributed by atoms with Gasteiger partial charge in [-0.2, -0.15) is 0 Å². The van der Waals surface area contributed by atoms with E-state index in [-0.39, 0.29) is 6.04 Å². The normalized spacial score (nSPS) is 12.6. The maximum absolute atomic E-state index is 6.30. The summed E-state index contributed by atoms with van der Waals surface area (Å²) in [7, 11) is 0. The molecule has 0 saturated heterocycles. The molecule has 0 aliphatic rings. The number of furan rings is 1. The van der Waals surface area contributed by atoms with Gasteiger partial charge in [-0.15, -0.1) is 0 Å². The molecule has 2 rings (SSSR count). The first-order chi connectivity index (χ1) is 8.77. The summed E-state index contributed by atoms with van der Waals surface area (Å²) in [6.07, 6.45) is 2.63. The number of aryl methyl sites for hydroxylation is 1. The monoisotopic (exact) mass is 263 g/mol. The van der Waals surface area contributed by atoms with E-state index in [0.29, 0.717) is 0 Å². The summed E-state index contributed by atoms with van der Waals surface area (Å²) in [4.78, 5) is 0. The number of hydrogen-bond donors (Lipinski definition) is 1. The molecule has 0 fully saturated rings. The predicted molar refractivity (Wildman–Crippen MR) is 75.1 cm³/mol. The first kappa shape index (κ1) is 13.2. The van der Waals surface area contributed by atoms with Crippen molar-refractivity contribution in [1.82, 2.24) is 5.32 Å². The van der Waals surface area contributed by atoms with Crippen LogP contribution in [-0.4, -0.2) is 6.54 Å². The van der Waals surface area contributed by atoms with Crippen molar-refractivity contribution in [2.75, 3.05) is 6.54 Å². The molecule has 0 saturated carbocycles. The van der Waals surface area contributed by atoms with Gasteiger partial charge in [0.2, 0.25) is 0 Å². The van der Waals surface area contributed by atoms with Crippen LogP contribution in [0.25, 0.3) is 0 Å². The molecule has 1 aromatic heterocycles. The first-order valence-corrected chi connectivity index (χ1v) is 6.69. The average Bonchev–Trinajstić information content (AvgIpc) is 2.85. The minimum atomic E-state index is 0.0948. The SMILES string of the molecule is CCNC(c1ccccc1Cl)c1ccoc1CC. The highest BCUT2D eigenvalue weighted by Crippen LogP contribution is 2.30. The molecule has 0 aliphatic heterocycles. The second kappa shape index (κ2) is 6.07. The molecule has 0 aliphatic carbocycles. The topological polar surface area (TPSA) is 25.2 Å². The summed E-state index contributed by atoms with van der Waals surface area (Å²) in [6.45, 7) is 5.07. The molecule has 0 spiro atoms. The van der Waals surface area contributed by atoms with Gasteiger partial charge in [0.25, 0.3) is 0 Å². The van der Waals surface area contributed by atoms with Crippen molar-refractivity contribution in [3.63, 3.8) is 0 Å². The molecule has 1 N–H and O–H groups in total. The van der Waals surface area contributed by atoms with Gasteiger partial charge < -0.3 is 9.73 Å². The van der Waals surface area contributed by atoms with E-state index in [9.17, 15) is 0 Å². The Kier molecular flexibility index (Phi) is 4.45. The van der Waals surface area contributed by atoms with Crippen LogP contribution in [0.15, 0.2) is 41.0 Å². The lowest BCUT2D eigenvalue weighted by molar-refractivity contribution is 0.502. The zero-order valence-corrected chi connectivity index (χ0v) is 11.5. The van der Waals surface area contributed by atoms with Gasteiger partial charge in [-0.1, -0.05) is 43.6 Å². The zero-order chi connectivity index (χ0) is 13.0. The van der Waals surface area contributed by atoms with Crippen molar-refractivity contribution >= 4 is 11.6 Å². The van der Waals surface area contributed by atoms with E-state index in [4.69, 9.17) is 16.0 Å². The van der Waals surface area contributed by atoms with Gasteiger partial charge in [0.15, 0.2) is 0 Å². The van der Waals surface area contributed by atoms with Crippen LogP contribution < -0.4 is 5.32 Å². The third-order valence-corrected chi connectivity index (χ3v) is 3.38. The van der Waals surface area contributed by atoms with E-state index in [1.165, 1.54) is 5.56 Å². The molecule has 0 bridgehead atoms. The van der Waals surface area contributed by atoms with Crippen LogP contribution in [0.4, 0.5) is 0 Å². The lowest BCUT2D eigenvalue weighted by Gasteiger charge is -2.19. The molecule has 1 heterocycles. The van der Waals surface area contributed by atoms with E-state index in [0.717, 1.165) is 29.3 Å². The number of rotatable bonds is 5. The van der Waals surface area contributed by atoms with Gasteiger partial charge in [0.05, 0.1) is 12.3 Å². The molecule has 0 amide bonds. The lowest BCUT2D eigenvalue weighted by Crippen LogP contribution is -2.22. The van der Waals surface area contributed by atoms with Gasteiger partial charge in [-0.05, 0) is 24.2 Å². The van der Waals surface area contributed by atoms with Crippen molar-refractivity contribution in [3.05, 3.63) is 58.5 Å². The van der Waals surface area contributed by atoms with E-state index in [2.05, 4.69) is 25.2 Å². The molecular weight excluding hydrogens is 246 g/mol. The molecule has 1 unspecified atom stereocenters. The highest BCUT2D eigenvalue weighted by molar-refractivity contribution is 6.31. The van der Waals surface area contributed by atoms with Crippen LogP contribution in [0.2, 0.25) is 5.02 Å². The molecular formula is C15H18ClNO. The number of nitrogens with one attached hydrogen (secondary N) is 1. The van der Waals surface area contributed by atoms with E-state index in [1.54, 1.807) is 6.26 Å². The summed E-state index contributed by atoms with van der Waals surface area (Å²) in [6, 6.07) is 10.1. The summed E-state index contributed by atoms with van der Waals surface area (Å²) in [5.41, 5.74) is 2.27. The fraction of sp³-hybridized carbons (Fsp3) is 0.333. The van der Waals surface area contributed by atoms with Crippen LogP contribution in [0, 0.1) is 0 Å². The van der Waals surface area contributed by atoms with Gasteiger partial charge in [-0.25, -0.2) is 0 Å². The van der Waals surface area contributed by atoms with Crippen molar-refractivity contribution in [2.45, 2.75) is 26.3 Å². The van der Waals surface area contributed by atoms with Crippen molar-refractivity contribution < 1.29 is 4.42 Å². The highest BCUT2D eigenvalue weighted by Gasteiger charge is 2.19. The third kappa shape index (κ3) is 2.60. The van der Waals surface area contributed by atoms with Crippen molar-refractivity contribution in [1.29, 1.82) is 0 Å². The fourth-order valence-corrected chi connectivity index (χ4v) is 2.44. The largest absolute Gasteiger partial charge is 0.469 e. The third-order valence-electron chi connectivity index (χ3n) is 3.04. The highest BCUT2D eigenvalue weighted by atomic mass is 35.5. The Balaban J connectivity index is 2.43. The first-order valence-electron chi connectivity index (χ1n) is 6.32. The van der Waals surface area contributed by atoms with Crippen LogP contribution in [-0.2, 0) is 6.42 Å². The number of hydrogen-bond acceptors (Lipinski definition) is 2. The standard InChI is InChI=1S/C15H18ClNO/c1-3-14-12(9-10-18-14)15(17-4-2)11-7-5-6-8-13(11)16/h5-10,15,17H,3-4H2,1-2H3. The Hall–Kier alpha value is -1.25. The number of halogens is 1. The van der Waals surface area contributed by atoms with Crippen LogP contribution in [0.5, 0.6) is 0 Å². The summed E-state index contributed by atoms with van der Waals surface area (Å²) in [5, 5.41) is 4.26. The lowest BCUT2D eigenvalue weighted by atomic mass is 9.98. The van der Waals surface area contributed by atoms with E-state index in [1.807, 2.05) is 24.3 Å².